The Bertz CT molecular complexity index is 167. The van der Waals surface area contributed by atoms with Crippen molar-refractivity contribution in [3.05, 3.63) is 0 Å². The molecule has 0 saturated heterocycles. The van der Waals surface area contributed by atoms with E-state index < -0.39 is 0 Å². The maximum absolute atomic E-state index is 5.92. The lowest BCUT2D eigenvalue weighted by atomic mass is 10.1. The van der Waals surface area contributed by atoms with Crippen molar-refractivity contribution in [1.82, 2.24) is 0 Å². The summed E-state index contributed by atoms with van der Waals surface area (Å²) in [7, 11) is 0. The van der Waals surface area contributed by atoms with E-state index in [2.05, 4.69) is 13.8 Å². The molecule has 0 spiro atoms. The molecule has 0 fully saturated rings. The van der Waals surface area contributed by atoms with E-state index in [0.717, 1.165) is 45.3 Å². The van der Waals surface area contributed by atoms with Gasteiger partial charge < -0.3 is 19.9 Å². The minimum atomic E-state index is 0.338. The summed E-state index contributed by atoms with van der Waals surface area (Å²) in [5.41, 5.74) is 5.92. The van der Waals surface area contributed by atoms with Crippen LogP contribution in [0.1, 0.15) is 52.4 Å². The Kier molecular flexibility index (Phi) is 15.8. The van der Waals surface area contributed by atoms with E-state index in [-0.39, 0.29) is 0 Å². The number of nitrogens with two attached hydrogens (primary N) is 1. The van der Waals surface area contributed by atoms with Gasteiger partial charge in [-0.2, -0.15) is 0 Å². The number of hydrogen-bond donors (Lipinski definition) is 1. The molecular weight excluding hydrogens is 242 g/mol. The average molecular weight is 275 g/mol. The minimum absolute atomic E-state index is 0.338. The van der Waals surface area contributed by atoms with Crippen LogP contribution in [-0.4, -0.2) is 45.7 Å². The second kappa shape index (κ2) is 15.9. The van der Waals surface area contributed by atoms with Crippen LogP contribution in [-0.2, 0) is 14.2 Å². The van der Waals surface area contributed by atoms with Gasteiger partial charge in [0.05, 0.1) is 26.4 Å². The van der Waals surface area contributed by atoms with Gasteiger partial charge in [-0.15, -0.1) is 0 Å². The summed E-state index contributed by atoms with van der Waals surface area (Å²) in [5, 5.41) is 0. The van der Waals surface area contributed by atoms with Gasteiger partial charge in [0.2, 0.25) is 0 Å². The van der Waals surface area contributed by atoms with E-state index in [4.69, 9.17) is 19.9 Å². The molecule has 0 radical (unpaired) electrons. The van der Waals surface area contributed by atoms with Gasteiger partial charge in [0.15, 0.2) is 0 Å². The van der Waals surface area contributed by atoms with Gasteiger partial charge in [-0.3, -0.25) is 0 Å². The van der Waals surface area contributed by atoms with Gasteiger partial charge in [-0.25, -0.2) is 0 Å². The standard InChI is InChI=1S/C15H33NO3/c1-3-5-9-17-11-13-19-14-12-18-10-6-8-15(16)7-4-2/h15H,3-14,16H2,1-2H3. The molecule has 0 aromatic heterocycles. The van der Waals surface area contributed by atoms with Crippen molar-refractivity contribution in [3.8, 4) is 0 Å². The number of ether oxygens (including phenoxy) is 3. The molecule has 0 aliphatic carbocycles. The Morgan fingerprint density at radius 2 is 1.21 bits per heavy atom. The highest BCUT2D eigenvalue weighted by Gasteiger charge is 2.00. The Labute approximate surface area is 119 Å². The molecule has 0 bridgehead atoms. The Morgan fingerprint density at radius 3 is 1.74 bits per heavy atom. The first-order valence-electron chi connectivity index (χ1n) is 7.80. The smallest absolute Gasteiger partial charge is 0.0701 e. The molecule has 0 aromatic rings. The molecule has 2 N–H and O–H groups in total. The van der Waals surface area contributed by atoms with Crippen LogP contribution >= 0.6 is 0 Å². The van der Waals surface area contributed by atoms with Crippen molar-refractivity contribution in [2.45, 2.75) is 58.4 Å². The highest BCUT2D eigenvalue weighted by atomic mass is 16.5. The third-order valence-electron chi connectivity index (χ3n) is 2.91. The molecule has 0 aliphatic heterocycles. The van der Waals surface area contributed by atoms with Crippen molar-refractivity contribution in [3.63, 3.8) is 0 Å². The normalized spacial score (nSPS) is 12.8. The monoisotopic (exact) mass is 275 g/mol. The first kappa shape index (κ1) is 18.8. The highest BCUT2D eigenvalue weighted by Crippen LogP contribution is 2.01. The molecule has 1 unspecified atom stereocenters. The van der Waals surface area contributed by atoms with E-state index in [9.17, 15) is 0 Å². The summed E-state index contributed by atoms with van der Waals surface area (Å²) in [6.45, 7) is 8.62. The fourth-order valence-electron chi connectivity index (χ4n) is 1.75. The van der Waals surface area contributed by atoms with Crippen LogP contribution in [0.5, 0.6) is 0 Å². The minimum Gasteiger partial charge on any atom is -0.379 e. The van der Waals surface area contributed by atoms with Crippen LogP contribution in [0.4, 0.5) is 0 Å². The van der Waals surface area contributed by atoms with E-state index in [1.807, 2.05) is 0 Å². The fourth-order valence-corrected chi connectivity index (χ4v) is 1.75. The first-order valence-corrected chi connectivity index (χ1v) is 7.80. The lowest BCUT2D eigenvalue weighted by Gasteiger charge is -2.10. The van der Waals surface area contributed by atoms with Crippen LogP contribution in [0.25, 0.3) is 0 Å². The van der Waals surface area contributed by atoms with Crippen LogP contribution < -0.4 is 5.73 Å². The van der Waals surface area contributed by atoms with E-state index in [0.29, 0.717) is 32.5 Å². The summed E-state index contributed by atoms with van der Waals surface area (Å²) in [5.74, 6) is 0. The van der Waals surface area contributed by atoms with Crippen LogP contribution in [0.3, 0.4) is 0 Å². The van der Waals surface area contributed by atoms with Gasteiger partial charge in [-0.05, 0) is 25.7 Å². The van der Waals surface area contributed by atoms with Crippen molar-refractivity contribution in [1.29, 1.82) is 0 Å². The number of unbranched alkanes of at least 4 members (excludes halogenated alkanes) is 1. The Balaban J connectivity index is 2.99. The van der Waals surface area contributed by atoms with Gasteiger partial charge in [0.1, 0.15) is 0 Å². The van der Waals surface area contributed by atoms with Gasteiger partial charge in [-0.1, -0.05) is 26.7 Å². The van der Waals surface area contributed by atoms with Gasteiger partial charge in [0, 0.05) is 19.3 Å². The summed E-state index contributed by atoms with van der Waals surface area (Å²) >= 11 is 0. The van der Waals surface area contributed by atoms with E-state index >= 15 is 0 Å². The summed E-state index contributed by atoms with van der Waals surface area (Å²) in [6.07, 6.45) is 6.68. The molecule has 0 saturated carbocycles. The molecule has 0 aromatic carbocycles. The molecular formula is C15H33NO3. The molecule has 116 valence electrons. The van der Waals surface area contributed by atoms with Crippen LogP contribution in [0, 0.1) is 0 Å². The molecule has 0 rings (SSSR count). The van der Waals surface area contributed by atoms with Gasteiger partial charge >= 0.3 is 0 Å². The molecule has 4 nitrogen and oxygen atoms in total. The van der Waals surface area contributed by atoms with Crippen molar-refractivity contribution in [2.75, 3.05) is 39.6 Å². The zero-order chi connectivity index (χ0) is 14.2. The lowest BCUT2D eigenvalue weighted by molar-refractivity contribution is 0.0133. The summed E-state index contributed by atoms with van der Waals surface area (Å²) in [4.78, 5) is 0. The SMILES string of the molecule is CCCCOCCOCCOCCCC(N)CCC. The van der Waals surface area contributed by atoms with E-state index in [1.54, 1.807) is 0 Å². The quantitative estimate of drug-likeness (QED) is 0.467. The molecule has 0 heterocycles. The topological polar surface area (TPSA) is 53.7 Å². The third kappa shape index (κ3) is 15.8. The highest BCUT2D eigenvalue weighted by molar-refractivity contribution is 4.59. The zero-order valence-corrected chi connectivity index (χ0v) is 12.9. The van der Waals surface area contributed by atoms with Crippen molar-refractivity contribution < 1.29 is 14.2 Å². The molecule has 1 atom stereocenters. The van der Waals surface area contributed by atoms with Crippen molar-refractivity contribution >= 4 is 0 Å². The molecule has 4 heteroatoms. The number of hydrogen-bond acceptors (Lipinski definition) is 4. The Morgan fingerprint density at radius 1 is 0.684 bits per heavy atom. The first-order chi connectivity index (χ1) is 9.31. The molecule has 19 heavy (non-hydrogen) atoms. The third-order valence-corrected chi connectivity index (χ3v) is 2.91. The van der Waals surface area contributed by atoms with Crippen LogP contribution in [0.2, 0.25) is 0 Å². The largest absolute Gasteiger partial charge is 0.379 e. The average Bonchev–Trinajstić information content (AvgIpc) is 2.40. The zero-order valence-electron chi connectivity index (χ0n) is 12.9. The van der Waals surface area contributed by atoms with Crippen LogP contribution in [0.15, 0.2) is 0 Å². The predicted molar refractivity (Wildman–Crippen MR) is 79.5 cm³/mol. The van der Waals surface area contributed by atoms with E-state index in [1.165, 1.54) is 6.42 Å². The lowest BCUT2D eigenvalue weighted by Crippen LogP contribution is -2.20. The predicted octanol–water partition coefficient (Wildman–Crippen LogP) is 2.74. The summed E-state index contributed by atoms with van der Waals surface area (Å²) < 4.78 is 16.3. The van der Waals surface area contributed by atoms with Gasteiger partial charge in [0.25, 0.3) is 0 Å². The fraction of sp³-hybridized carbons (Fsp3) is 1.00. The Hall–Kier alpha value is -0.160. The second-order valence-electron chi connectivity index (χ2n) is 4.88. The summed E-state index contributed by atoms with van der Waals surface area (Å²) in [6, 6.07) is 0.338. The second-order valence-corrected chi connectivity index (χ2v) is 4.88. The van der Waals surface area contributed by atoms with Crippen molar-refractivity contribution in [2.24, 2.45) is 5.73 Å². The molecule has 0 aliphatic rings. The maximum Gasteiger partial charge on any atom is 0.0701 e. The maximum atomic E-state index is 5.92. The molecule has 0 amide bonds. The number of rotatable bonds is 15.